The molecule has 5 aliphatic heterocycles. The number of hydrogen-bond donors (Lipinski definition) is 4. The van der Waals surface area contributed by atoms with E-state index in [1.165, 1.54) is 18.9 Å². The lowest BCUT2D eigenvalue weighted by Gasteiger charge is -2.63. The molecule has 1 spiro atoms. The summed E-state index contributed by atoms with van der Waals surface area (Å²) in [6.07, 6.45) is 7.40. The number of fused-ring (bicyclic) bond motifs is 5. The van der Waals surface area contributed by atoms with Crippen molar-refractivity contribution in [3.05, 3.63) is 76.4 Å². The van der Waals surface area contributed by atoms with Gasteiger partial charge in [0.1, 0.15) is 30.4 Å². The van der Waals surface area contributed by atoms with E-state index in [2.05, 4.69) is 33.3 Å². The lowest BCUT2D eigenvalue weighted by atomic mass is 9.47. The first-order valence-corrected chi connectivity index (χ1v) is 23.7. The molecule has 10 atom stereocenters. The maximum Gasteiger partial charge on any atom is 0.325 e. The highest BCUT2D eigenvalue weighted by molar-refractivity contribution is 7.98. The standard InChI is InChI=1S/C48H62N4O9S/c1-7-44(57)23-29-24-47(43(56)60-5,33-20-30-12-9-10-13-31(30)32(33)27-51(26-29)28-44)35-21-34-36(22-37(35)59-4)50(3)40-46(34)15-17-52-16-11-14-45(8-2,39(46)52)41(54)48(40,58)42(55)49-25-38(53)61-18-19-62-6/h9-14,21-22,29,39-41,54,57-58H,7-8,15-20,23-28H2,1-6H3,(H,49,55)/t29?,39-,40+,41+,44-,45+,46+,47+,48-/m0/s1. The third-order valence-corrected chi connectivity index (χ3v) is 16.8. The molecule has 0 radical (unpaired) electrons. The maximum atomic E-state index is 15.3. The number of hydrogen-bond acceptors (Lipinski definition) is 13. The van der Waals surface area contributed by atoms with Gasteiger partial charge in [0.15, 0.2) is 5.60 Å². The first-order chi connectivity index (χ1) is 29.7. The van der Waals surface area contributed by atoms with Gasteiger partial charge in [-0.25, -0.2) is 0 Å². The number of amides is 1. The minimum absolute atomic E-state index is 0.0682. The van der Waals surface area contributed by atoms with Gasteiger partial charge in [-0.15, -0.1) is 0 Å². The molecule has 7 aliphatic rings. The minimum Gasteiger partial charge on any atom is -0.496 e. The number of nitrogens with one attached hydrogen (secondary N) is 1. The molecule has 1 saturated carbocycles. The van der Waals surface area contributed by atoms with Crippen molar-refractivity contribution in [1.29, 1.82) is 0 Å². The molecule has 2 unspecified atom stereocenters. The SMILES string of the molecule is CC[C@]1(O)CC2CN(CC3=C(Cc4ccccc43)[C@@](C(=O)OC)(c3cc4c(cc3OC)N(C)[C@H]3[C@@](O)(C(=O)NCC(=O)OCCSC)[C@H](O)[C@]5(CC)C=CCN6CC[C@]43[C@@H]65)C2)C1. The Labute approximate surface area is 368 Å². The maximum absolute atomic E-state index is 15.3. The zero-order valence-electron chi connectivity index (χ0n) is 36.9. The molecule has 2 aliphatic carbocycles. The number of anilines is 1. The molecule has 1 amide bonds. The van der Waals surface area contributed by atoms with E-state index in [-0.39, 0.29) is 18.6 Å². The molecule has 2 bridgehead atoms. The van der Waals surface area contributed by atoms with Crippen molar-refractivity contribution in [2.24, 2.45) is 11.3 Å². The zero-order chi connectivity index (χ0) is 44.0. The van der Waals surface area contributed by atoms with Gasteiger partial charge in [0.25, 0.3) is 5.91 Å². The molecular weight excluding hydrogens is 809 g/mol. The second-order valence-electron chi connectivity index (χ2n) is 19.0. The summed E-state index contributed by atoms with van der Waals surface area (Å²) in [5, 5.41) is 40.7. The third-order valence-electron chi connectivity index (χ3n) is 16.2. The Morgan fingerprint density at radius 1 is 1.03 bits per heavy atom. The fourth-order valence-corrected chi connectivity index (χ4v) is 14.0. The van der Waals surface area contributed by atoms with Gasteiger partial charge in [-0.05, 0) is 91.1 Å². The van der Waals surface area contributed by atoms with E-state index in [9.17, 15) is 24.9 Å². The molecule has 9 rings (SSSR count). The van der Waals surface area contributed by atoms with Crippen LogP contribution in [0.5, 0.6) is 5.75 Å². The summed E-state index contributed by atoms with van der Waals surface area (Å²) in [5.74, 6) is -0.864. The average molecular weight is 871 g/mol. The second-order valence-corrected chi connectivity index (χ2v) is 20.0. The Hall–Kier alpha value is -3.92. The van der Waals surface area contributed by atoms with Crippen molar-refractivity contribution < 1.29 is 43.9 Å². The summed E-state index contributed by atoms with van der Waals surface area (Å²) in [4.78, 5) is 49.6. The van der Waals surface area contributed by atoms with Crippen LogP contribution in [0.2, 0.25) is 0 Å². The normalized spacial score (nSPS) is 36.4. The molecule has 3 fully saturated rings. The topological polar surface area (TPSA) is 161 Å². The highest BCUT2D eigenvalue weighted by Crippen LogP contribution is 2.68. The van der Waals surface area contributed by atoms with Crippen LogP contribution in [0.4, 0.5) is 5.69 Å². The summed E-state index contributed by atoms with van der Waals surface area (Å²) in [6.45, 7) is 6.85. The van der Waals surface area contributed by atoms with Crippen LogP contribution in [0, 0.1) is 11.3 Å². The van der Waals surface area contributed by atoms with Crippen molar-refractivity contribution >= 4 is 40.9 Å². The lowest BCUT2D eigenvalue weighted by Crippen LogP contribution is -2.81. The van der Waals surface area contributed by atoms with Crippen LogP contribution in [-0.2, 0) is 41.1 Å². The number of carbonyl (C=O) groups is 3. The van der Waals surface area contributed by atoms with E-state index in [4.69, 9.17) is 14.2 Å². The van der Waals surface area contributed by atoms with Gasteiger partial charge in [-0.2, -0.15) is 11.8 Å². The number of likely N-dealkylation sites (N-methyl/N-ethyl adjacent to an activating group) is 1. The van der Waals surface area contributed by atoms with Crippen LogP contribution in [-0.4, -0.2) is 152 Å². The number of nitrogens with zero attached hydrogens (tertiary/aromatic N) is 3. The molecule has 2 aromatic rings. The monoisotopic (exact) mass is 870 g/mol. The predicted octanol–water partition coefficient (Wildman–Crippen LogP) is 3.21. The van der Waals surface area contributed by atoms with E-state index < -0.39 is 64.0 Å². The molecule has 62 heavy (non-hydrogen) atoms. The van der Waals surface area contributed by atoms with E-state index in [0.29, 0.717) is 88.3 Å². The van der Waals surface area contributed by atoms with Gasteiger partial charge in [-0.3, -0.25) is 24.2 Å². The summed E-state index contributed by atoms with van der Waals surface area (Å²) < 4.78 is 17.7. The van der Waals surface area contributed by atoms with Crippen LogP contribution in [0.15, 0.2) is 54.1 Å². The van der Waals surface area contributed by atoms with Crippen LogP contribution >= 0.6 is 11.8 Å². The smallest absolute Gasteiger partial charge is 0.325 e. The Kier molecular flexibility index (Phi) is 10.9. The lowest BCUT2D eigenvalue weighted by molar-refractivity contribution is -0.203. The van der Waals surface area contributed by atoms with Gasteiger partial charge in [0, 0.05) is 73.2 Å². The van der Waals surface area contributed by atoms with E-state index in [1.54, 1.807) is 7.11 Å². The summed E-state index contributed by atoms with van der Waals surface area (Å²) in [6, 6.07) is 11.1. The number of aliphatic hydroxyl groups excluding tert-OH is 1. The van der Waals surface area contributed by atoms with Gasteiger partial charge < -0.3 is 39.7 Å². The third kappa shape index (κ3) is 5.95. The molecule has 13 nitrogen and oxygen atoms in total. The number of carbonyl (C=O) groups excluding carboxylic acids is 3. The highest BCUT2D eigenvalue weighted by Gasteiger charge is 2.78. The number of aliphatic hydroxyl groups is 3. The number of rotatable bonds is 11. The van der Waals surface area contributed by atoms with Crippen LogP contribution in [0.25, 0.3) is 5.57 Å². The first kappa shape index (κ1) is 43.3. The van der Waals surface area contributed by atoms with Crippen molar-refractivity contribution in [3.8, 4) is 5.75 Å². The molecule has 0 aromatic heterocycles. The fourth-order valence-electron chi connectivity index (χ4n) is 13.8. The van der Waals surface area contributed by atoms with E-state index in [0.717, 1.165) is 33.5 Å². The van der Waals surface area contributed by atoms with Crippen molar-refractivity contribution in [1.82, 2.24) is 15.1 Å². The summed E-state index contributed by atoms with van der Waals surface area (Å²) in [5.41, 5.74) is -0.132. The summed E-state index contributed by atoms with van der Waals surface area (Å²) in [7, 11) is 4.90. The van der Waals surface area contributed by atoms with Crippen molar-refractivity contribution in [2.45, 2.75) is 92.6 Å². The van der Waals surface area contributed by atoms with Crippen LogP contribution in [0.1, 0.15) is 68.2 Å². The number of benzene rings is 2. The number of ether oxygens (including phenoxy) is 3. The highest BCUT2D eigenvalue weighted by atomic mass is 32.2. The molecule has 14 heteroatoms. The van der Waals surface area contributed by atoms with Gasteiger partial charge in [0.2, 0.25) is 0 Å². The molecule has 2 aromatic carbocycles. The Balaban J connectivity index is 1.27. The second kappa shape index (κ2) is 15.7. The first-order valence-electron chi connectivity index (χ1n) is 22.3. The van der Waals surface area contributed by atoms with Gasteiger partial charge >= 0.3 is 11.9 Å². The Morgan fingerprint density at radius 3 is 2.55 bits per heavy atom. The zero-order valence-corrected chi connectivity index (χ0v) is 37.7. The summed E-state index contributed by atoms with van der Waals surface area (Å²) >= 11 is 1.53. The number of thioether (sulfide) groups is 1. The molecular formula is C48H62N4O9S. The van der Waals surface area contributed by atoms with E-state index in [1.807, 2.05) is 62.4 Å². The average Bonchev–Trinajstić information content (AvgIpc) is 3.92. The fraction of sp³-hybridized carbons (Fsp3) is 0.604. The number of esters is 2. The minimum atomic E-state index is -2.40. The molecule has 334 valence electrons. The number of methoxy groups -OCH3 is 2. The quantitative estimate of drug-likeness (QED) is 0.148. The largest absolute Gasteiger partial charge is 0.496 e. The van der Waals surface area contributed by atoms with Gasteiger partial charge in [0.05, 0.1) is 25.9 Å². The predicted molar refractivity (Wildman–Crippen MR) is 237 cm³/mol. The molecule has 2 saturated heterocycles. The number of piperidine rings is 1. The van der Waals surface area contributed by atoms with Crippen LogP contribution < -0.4 is 15.0 Å². The Bertz CT molecular complexity index is 2230. The molecule has 4 N–H and O–H groups in total. The Morgan fingerprint density at radius 2 is 1.82 bits per heavy atom. The van der Waals surface area contributed by atoms with Gasteiger partial charge in [-0.1, -0.05) is 50.3 Å². The van der Waals surface area contributed by atoms with Crippen LogP contribution in [0.3, 0.4) is 0 Å². The van der Waals surface area contributed by atoms with Crippen molar-refractivity contribution in [3.63, 3.8) is 0 Å². The molecule has 5 heterocycles. The van der Waals surface area contributed by atoms with E-state index >= 15 is 4.79 Å². The van der Waals surface area contributed by atoms with Crippen molar-refractivity contribution in [2.75, 3.05) is 84.1 Å².